The lowest BCUT2D eigenvalue weighted by Gasteiger charge is -2.12. The third kappa shape index (κ3) is 2.56. The summed E-state index contributed by atoms with van der Waals surface area (Å²) < 4.78 is 10.8. The van der Waals surface area contributed by atoms with E-state index in [4.69, 9.17) is 9.47 Å². The van der Waals surface area contributed by atoms with Crippen molar-refractivity contribution in [3.8, 4) is 11.8 Å². The quantitative estimate of drug-likeness (QED) is 0.787. The lowest BCUT2D eigenvalue weighted by molar-refractivity contribution is 0.211. The predicted molar refractivity (Wildman–Crippen MR) is 55.2 cm³/mol. The first-order chi connectivity index (χ1) is 7.28. The van der Waals surface area contributed by atoms with E-state index in [2.05, 4.69) is 15.3 Å². The van der Waals surface area contributed by atoms with Crippen LogP contribution in [0.3, 0.4) is 0 Å². The molecule has 1 aliphatic rings. The number of methoxy groups -OCH3 is 1. The normalized spacial score (nSPS) is 20.3. The highest BCUT2D eigenvalue weighted by Crippen LogP contribution is 2.17. The van der Waals surface area contributed by atoms with E-state index in [0.717, 1.165) is 19.5 Å². The van der Waals surface area contributed by atoms with E-state index >= 15 is 0 Å². The minimum absolute atomic E-state index is 0.212. The molecule has 5 nitrogen and oxygen atoms in total. The van der Waals surface area contributed by atoms with Crippen LogP contribution in [0.4, 0.5) is 0 Å². The molecule has 2 heterocycles. The van der Waals surface area contributed by atoms with Crippen LogP contribution in [0.2, 0.25) is 0 Å². The number of aromatic nitrogens is 2. The summed E-state index contributed by atoms with van der Waals surface area (Å²) in [5.74, 6) is 1.80. The molecule has 0 aromatic carbocycles. The lowest BCUT2D eigenvalue weighted by atomic mass is 10.3. The molecule has 15 heavy (non-hydrogen) atoms. The Bertz CT molecular complexity index is 337. The number of hydrogen-bond acceptors (Lipinski definition) is 5. The third-order valence-electron chi connectivity index (χ3n) is 2.30. The Balaban J connectivity index is 2.09. The van der Waals surface area contributed by atoms with Gasteiger partial charge in [-0.3, -0.25) is 0 Å². The van der Waals surface area contributed by atoms with Gasteiger partial charge in [0, 0.05) is 6.54 Å². The molecule has 1 atom stereocenters. The van der Waals surface area contributed by atoms with Crippen LogP contribution < -0.4 is 14.8 Å². The van der Waals surface area contributed by atoms with E-state index in [0.29, 0.717) is 17.6 Å². The molecule has 2 rings (SSSR count). The predicted octanol–water partition coefficient (Wildman–Crippen LogP) is 0.534. The van der Waals surface area contributed by atoms with Crippen molar-refractivity contribution < 1.29 is 9.47 Å². The molecule has 1 aromatic rings. The van der Waals surface area contributed by atoms with Crippen LogP contribution in [-0.4, -0.2) is 36.3 Å². The van der Waals surface area contributed by atoms with Gasteiger partial charge < -0.3 is 14.8 Å². The van der Waals surface area contributed by atoms with E-state index in [1.54, 1.807) is 13.2 Å². The first kappa shape index (κ1) is 10.2. The summed E-state index contributed by atoms with van der Waals surface area (Å²) in [7, 11) is 1.59. The number of nitrogens with one attached hydrogen (secondary N) is 1. The molecule has 0 aliphatic carbocycles. The summed E-state index contributed by atoms with van der Waals surface area (Å²) in [6, 6.07) is 1.71. The highest BCUT2D eigenvalue weighted by atomic mass is 16.5. The Morgan fingerprint density at radius 3 is 2.87 bits per heavy atom. The number of nitrogens with zero attached hydrogens (tertiary/aromatic N) is 2. The van der Waals surface area contributed by atoms with E-state index < -0.39 is 0 Å². The van der Waals surface area contributed by atoms with Crippen molar-refractivity contribution in [1.29, 1.82) is 0 Å². The van der Waals surface area contributed by atoms with Gasteiger partial charge in [-0.1, -0.05) is 0 Å². The standard InChI is InChI=1S/C10H15N3O2/c1-7-12-9(14-2)5-10(13-7)15-8-3-4-11-6-8/h5,8,11H,3-4,6H2,1-2H3. The molecule has 1 aromatic heterocycles. The van der Waals surface area contributed by atoms with Crippen molar-refractivity contribution in [2.45, 2.75) is 19.4 Å². The molecule has 0 spiro atoms. The Morgan fingerprint density at radius 1 is 1.40 bits per heavy atom. The average molecular weight is 209 g/mol. The van der Waals surface area contributed by atoms with Crippen molar-refractivity contribution in [3.63, 3.8) is 0 Å². The number of rotatable bonds is 3. The summed E-state index contributed by atoms with van der Waals surface area (Å²) in [5.41, 5.74) is 0. The van der Waals surface area contributed by atoms with Gasteiger partial charge in [-0.2, -0.15) is 9.97 Å². The monoisotopic (exact) mass is 209 g/mol. The summed E-state index contributed by atoms with van der Waals surface area (Å²) in [5, 5.41) is 3.24. The molecule has 1 aliphatic heterocycles. The van der Waals surface area contributed by atoms with Crippen LogP contribution >= 0.6 is 0 Å². The maximum Gasteiger partial charge on any atom is 0.220 e. The Morgan fingerprint density at radius 2 is 2.20 bits per heavy atom. The molecule has 0 amide bonds. The zero-order chi connectivity index (χ0) is 10.7. The van der Waals surface area contributed by atoms with Crippen molar-refractivity contribution in [2.24, 2.45) is 0 Å². The molecular weight excluding hydrogens is 194 g/mol. The third-order valence-corrected chi connectivity index (χ3v) is 2.30. The summed E-state index contributed by atoms with van der Waals surface area (Å²) >= 11 is 0. The molecule has 0 saturated carbocycles. The van der Waals surface area contributed by atoms with Gasteiger partial charge in [0.15, 0.2) is 0 Å². The van der Waals surface area contributed by atoms with Gasteiger partial charge in [-0.15, -0.1) is 0 Å². The highest BCUT2D eigenvalue weighted by Gasteiger charge is 2.17. The maximum atomic E-state index is 5.70. The molecular formula is C10H15N3O2. The zero-order valence-electron chi connectivity index (χ0n) is 8.99. The van der Waals surface area contributed by atoms with Crippen LogP contribution in [0, 0.1) is 6.92 Å². The fourth-order valence-corrected chi connectivity index (χ4v) is 1.58. The summed E-state index contributed by atoms with van der Waals surface area (Å²) in [4.78, 5) is 8.30. The van der Waals surface area contributed by atoms with Gasteiger partial charge in [0.1, 0.15) is 11.9 Å². The Kier molecular flexibility index (Phi) is 3.01. The minimum atomic E-state index is 0.212. The van der Waals surface area contributed by atoms with Crippen molar-refractivity contribution in [3.05, 3.63) is 11.9 Å². The van der Waals surface area contributed by atoms with Gasteiger partial charge in [-0.25, -0.2) is 0 Å². The van der Waals surface area contributed by atoms with Gasteiger partial charge >= 0.3 is 0 Å². The Labute approximate surface area is 88.8 Å². The lowest BCUT2D eigenvalue weighted by Crippen LogP contribution is -2.20. The molecule has 1 saturated heterocycles. The largest absolute Gasteiger partial charge is 0.481 e. The van der Waals surface area contributed by atoms with Crippen molar-refractivity contribution >= 4 is 0 Å². The van der Waals surface area contributed by atoms with E-state index in [1.807, 2.05) is 6.92 Å². The molecule has 1 unspecified atom stereocenters. The number of hydrogen-bond donors (Lipinski definition) is 1. The maximum absolute atomic E-state index is 5.70. The van der Waals surface area contributed by atoms with Gasteiger partial charge in [0.05, 0.1) is 13.2 Å². The second kappa shape index (κ2) is 4.44. The summed E-state index contributed by atoms with van der Waals surface area (Å²) in [6.07, 6.45) is 1.23. The van der Waals surface area contributed by atoms with Crippen molar-refractivity contribution in [1.82, 2.24) is 15.3 Å². The summed E-state index contributed by atoms with van der Waals surface area (Å²) in [6.45, 7) is 3.71. The zero-order valence-corrected chi connectivity index (χ0v) is 8.99. The van der Waals surface area contributed by atoms with Crippen LogP contribution in [0.5, 0.6) is 11.8 Å². The molecule has 5 heteroatoms. The van der Waals surface area contributed by atoms with Gasteiger partial charge in [-0.05, 0) is 19.9 Å². The van der Waals surface area contributed by atoms with E-state index in [1.165, 1.54) is 0 Å². The van der Waals surface area contributed by atoms with Crippen molar-refractivity contribution in [2.75, 3.05) is 20.2 Å². The first-order valence-electron chi connectivity index (χ1n) is 5.05. The molecule has 0 radical (unpaired) electrons. The van der Waals surface area contributed by atoms with E-state index in [-0.39, 0.29) is 6.10 Å². The fraction of sp³-hybridized carbons (Fsp3) is 0.600. The molecule has 0 bridgehead atoms. The Hall–Kier alpha value is -1.36. The van der Waals surface area contributed by atoms with Crippen LogP contribution in [-0.2, 0) is 0 Å². The van der Waals surface area contributed by atoms with E-state index in [9.17, 15) is 0 Å². The topological polar surface area (TPSA) is 56.3 Å². The second-order valence-electron chi connectivity index (χ2n) is 3.53. The molecule has 1 N–H and O–H groups in total. The first-order valence-corrected chi connectivity index (χ1v) is 5.05. The van der Waals surface area contributed by atoms with Crippen LogP contribution in [0.15, 0.2) is 6.07 Å². The number of ether oxygens (including phenoxy) is 2. The highest BCUT2D eigenvalue weighted by molar-refractivity contribution is 5.20. The second-order valence-corrected chi connectivity index (χ2v) is 3.53. The minimum Gasteiger partial charge on any atom is -0.481 e. The smallest absolute Gasteiger partial charge is 0.220 e. The number of aryl methyl sites for hydroxylation is 1. The molecule has 82 valence electrons. The van der Waals surface area contributed by atoms with Crippen LogP contribution in [0.1, 0.15) is 12.2 Å². The fourth-order valence-electron chi connectivity index (χ4n) is 1.58. The average Bonchev–Trinajstić information content (AvgIpc) is 2.69. The van der Waals surface area contributed by atoms with Gasteiger partial charge in [0.2, 0.25) is 11.8 Å². The molecule has 1 fully saturated rings. The van der Waals surface area contributed by atoms with Crippen LogP contribution in [0.25, 0.3) is 0 Å². The SMILES string of the molecule is COc1cc(OC2CCNC2)nc(C)n1. The van der Waals surface area contributed by atoms with Gasteiger partial charge in [0.25, 0.3) is 0 Å².